The molecule has 16 heavy (non-hydrogen) atoms. The second-order valence-corrected chi connectivity index (χ2v) is 6.23. The summed E-state index contributed by atoms with van der Waals surface area (Å²) in [6, 6.07) is 0. The first-order chi connectivity index (χ1) is 7.24. The molecule has 0 aromatic carbocycles. The molecule has 0 aliphatic carbocycles. The van der Waals surface area contributed by atoms with Crippen LogP contribution in [0.5, 0.6) is 0 Å². The molecule has 0 bridgehead atoms. The Morgan fingerprint density at radius 3 is 2.19 bits per heavy atom. The summed E-state index contributed by atoms with van der Waals surface area (Å²) in [4.78, 5) is 10.5. The van der Waals surface area contributed by atoms with Gasteiger partial charge in [-0.2, -0.15) is 0 Å². The molecule has 0 rings (SSSR count). The lowest BCUT2D eigenvalue weighted by molar-refractivity contribution is -0.311. The lowest BCUT2D eigenvalue weighted by atomic mass is 9.79. The summed E-state index contributed by atoms with van der Waals surface area (Å²) in [7, 11) is 0. The molecule has 0 aliphatic rings. The zero-order chi connectivity index (χ0) is 12.8. The normalized spacial score (nSPS) is 14.1. The van der Waals surface area contributed by atoms with Crippen molar-refractivity contribution >= 4 is 5.97 Å². The Bertz CT molecular complexity index is 207. The average molecular weight is 227 g/mol. The van der Waals surface area contributed by atoms with E-state index < -0.39 is 5.97 Å². The maximum atomic E-state index is 10.5. The molecular weight excluding hydrogens is 200 g/mol. The van der Waals surface area contributed by atoms with Crippen molar-refractivity contribution in [3.8, 4) is 0 Å². The Labute approximate surface area is 100 Å². The second-order valence-electron chi connectivity index (χ2n) is 6.23. The molecule has 0 aromatic rings. The van der Waals surface area contributed by atoms with Crippen molar-refractivity contribution in [3.05, 3.63) is 0 Å². The van der Waals surface area contributed by atoms with Crippen LogP contribution in [0.25, 0.3) is 0 Å². The van der Waals surface area contributed by atoms with Crippen molar-refractivity contribution in [3.63, 3.8) is 0 Å². The Morgan fingerprint density at radius 2 is 1.75 bits per heavy atom. The molecular formula is C14H27O2-. The van der Waals surface area contributed by atoms with Gasteiger partial charge >= 0.3 is 0 Å². The first kappa shape index (κ1) is 15.5. The molecule has 2 heteroatoms. The minimum atomic E-state index is -0.915. The minimum absolute atomic E-state index is 0.298. The molecule has 0 fully saturated rings. The Hall–Kier alpha value is -0.530. The van der Waals surface area contributed by atoms with Gasteiger partial charge in [-0.15, -0.1) is 0 Å². The molecule has 0 spiro atoms. The number of hydrogen-bond acceptors (Lipinski definition) is 2. The second kappa shape index (κ2) is 6.93. The van der Waals surface area contributed by atoms with Gasteiger partial charge in [0.05, 0.1) is 0 Å². The summed E-state index contributed by atoms with van der Waals surface area (Å²) in [5, 5.41) is 10.5. The van der Waals surface area contributed by atoms with Gasteiger partial charge in [0.15, 0.2) is 0 Å². The Balaban J connectivity index is 3.69. The fourth-order valence-electron chi connectivity index (χ4n) is 2.38. The average Bonchev–Trinajstić information content (AvgIpc) is 2.09. The van der Waals surface area contributed by atoms with Crippen molar-refractivity contribution in [1.29, 1.82) is 0 Å². The number of rotatable bonds is 8. The van der Waals surface area contributed by atoms with E-state index in [0.29, 0.717) is 5.41 Å². The fourth-order valence-corrected chi connectivity index (χ4v) is 2.38. The van der Waals surface area contributed by atoms with E-state index in [1.165, 1.54) is 12.8 Å². The number of carboxylic acid groups (broad SMARTS) is 1. The molecule has 2 nitrogen and oxygen atoms in total. The molecule has 0 N–H and O–H groups in total. The van der Waals surface area contributed by atoms with Crippen molar-refractivity contribution in [2.75, 3.05) is 0 Å². The maximum Gasteiger partial charge on any atom is 0.0442 e. The molecule has 0 amide bonds. The van der Waals surface area contributed by atoms with E-state index in [2.05, 4.69) is 27.7 Å². The largest absolute Gasteiger partial charge is 0.550 e. The Kier molecular flexibility index (Phi) is 6.70. The van der Waals surface area contributed by atoms with Gasteiger partial charge in [-0.25, -0.2) is 0 Å². The molecule has 1 atom stereocenters. The first-order valence-electron chi connectivity index (χ1n) is 6.45. The van der Waals surface area contributed by atoms with E-state index in [-0.39, 0.29) is 5.92 Å². The van der Waals surface area contributed by atoms with Gasteiger partial charge in [-0.3, -0.25) is 0 Å². The predicted octanol–water partition coefficient (Wildman–Crippen LogP) is 3.01. The van der Waals surface area contributed by atoms with E-state index in [9.17, 15) is 9.90 Å². The van der Waals surface area contributed by atoms with Crippen molar-refractivity contribution in [2.24, 2.45) is 17.3 Å². The van der Waals surface area contributed by atoms with Gasteiger partial charge in [-0.1, -0.05) is 47.5 Å². The van der Waals surface area contributed by atoms with Gasteiger partial charge < -0.3 is 9.90 Å². The third-order valence-corrected chi connectivity index (χ3v) is 3.10. The molecule has 0 saturated heterocycles. The first-order valence-corrected chi connectivity index (χ1v) is 6.45. The highest BCUT2D eigenvalue weighted by Crippen LogP contribution is 2.31. The van der Waals surface area contributed by atoms with Gasteiger partial charge in [0.1, 0.15) is 0 Å². The summed E-state index contributed by atoms with van der Waals surface area (Å²) in [6.07, 6.45) is 5.29. The molecule has 0 saturated carbocycles. The van der Waals surface area contributed by atoms with Crippen LogP contribution in [0.3, 0.4) is 0 Å². The summed E-state index contributed by atoms with van der Waals surface area (Å²) in [5.41, 5.74) is 0.388. The minimum Gasteiger partial charge on any atom is -0.550 e. The van der Waals surface area contributed by atoms with E-state index in [0.717, 1.165) is 25.2 Å². The van der Waals surface area contributed by atoms with Gasteiger partial charge in [0, 0.05) is 5.97 Å². The molecule has 0 aliphatic heterocycles. The van der Waals surface area contributed by atoms with E-state index in [4.69, 9.17) is 0 Å². The van der Waals surface area contributed by atoms with Crippen molar-refractivity contribution < 1.29 is 9.90 Å². The number of carbonyl (C=O) groups is 1. The van der Waals surface area contributed by atoms with Crippen molar-refractivity contribution in [2.45, 2.75) is 66.7 Å². The number of carboxylic acids is 1. The van der Waals surface area contributed by atoms with Crippen LogP contribution in [0, 0.1) is 17.3 Å². The monoisotopic (exact) mass is 227 g/mol. The summed E-state index contributed by atoms with van der Waals surface area (Å²) in [6.45, 7) is 10.8. The lowest BCUT2D eigenvalue weighted by Gasteiger charge is -2.27. The predicted molar refractivity (Wildman–Crippen MR) is 65.9 cm³/mol. The van der Waals surface area contributed by atoms with Crippen LogP contribution in [0.15, 0.2) is 0 Å². The molecule has 0 heterocycles. The van der Waals surface area contributed by atoms with Crippen LogP contribution in [0.2, 0.25) is 0 Å². The molecule has 0 aromatic heterocycles. The van der Waals surface area contributed by atoms with Crippen LogP contribution in [0.4, 0.5) is 0 Å². The summed E-state index contributed by atoms with van der Waals surface area (Å²) >= 11 is 0. The van der Waals surface area contributed by atoms with Gasteiger partial charge in [0.25, 0.3) is 0 Å². The third kappa shape index (κ3) is 7.72. The maximum absolute atomic E-state index is 10.5. The smallest absolute Gasteiger partial charge is 0.0442 e. The Morgan fingerprint density at radius 1 is 1.19 bits per heavy atom. The molecule has 1 unspecified atom stereocenters. The van der Waals surface area contributed by atoms with Crippen LogP contribution in [-0.2, 0) is 4.79 Å². The van der Waals surface area contributed by atoms with Gasteiger partial charge in [-0.05, 0) is 36.5 Å². The number of unbranched alkanes of at least 4 members (excludes halogenated alkanes) is 1. The highest BCUT2D eigenvalue weighted by atomic mass is 16.4. The highest BCUT2D eigenvalue weighted by molar-refractivity contribution is 5.66. The standard InChI is InChI=1S/C14H28O2/c1-11(2)10-14(4,5)9-7-6-8-12(3)13(15)16/h11-12H,6-10H2,1-5H3,(H,15,16)/p-1. The van der Waals surface area contributed by atoms with Crippen LogP contribution in [0.1, 0.15) is 66.7 Å². The quantitative estimate of drug-likeness (QED) is 0.598. The fraction of sp³-hybridized carbons (Fsp3) is 0.929. The van der Waals surface area contributed by atoms with E-state index >= 15 is 0 Å². The van der Waals surface area contributed by atoms with E-state index in [1.807, 2.05) is 0 Å². The highest BCUT2D eigenvalue weighted by Gasteiger charge is 2.18. The van der Waals surface area contributed by atoms with Crippen LogP contribution in [-0.4, -0.2) is 5.97 Å². The number of carbonyl (C=O) groups excluding carboxylic acids is 1. The zero-order valence-electron chi connectivity index (χ0n) is 11.5. The SMILES string of the molecule is CC(C)CC(C)(C)CCCCC(C)C(=O)[O-]. The van der Waals surface area contributed by atoms with E-state index in [1.54, 1.807) is 6.92 Å². The summed E-state index contributed by atoms with van der Waals surface area (Å²) in [5.74, 6) is -0.480. The van der Waals surface area contributed by atoms with Crippen LogP contribution >= 0.6 is 0 Å². The summed E-state index contributed by atoms with van der Waals surface area (Å²) < 4.78 is 0. The molecule has 0 radical (unpaired) electrons. The van der Waals surface area contributed by atoms with Crippen molar-refractivity contribution in [1.82, 2.24) is 0 Å². The lowest BCUT2D eigenvalue weighted by Crippen LogP contribution is -2.29. The third-order valence-electron chi connectivity index (χ3n) is 3.10. The van der Waals surface area contributed by atoms with Gasteiger partial charge in [0.2, 0.25) is 0 Å². The molecule has 96 valence electrons. The zero-order valence-corrected chi connectivity index (χ0v) is 11.5. The topological polar surface area (TPSA) is 40.1 Å². The number of hydrogen-bond donors (Lipinski definition) is 0. The number of aliphatic carboxylic acids is 1. The van der Waals surface area contributed by atoms with Crippen LogP contribution < -0.4 is 5.11 Å².